The second-order valence-corrected chi connectivity index (χ2v) is 8.66. The lowest BCUT2D eigenvalue weighted by molar-refractivity contribution is -0.132. The van der Waals surface area contributed by atoms with Crippen LogP contribution in [-0.2, 0) is 4.79 Å². The van der Waals surface area contributed by atoms with Crippen LogP contribution in [0.1, 0.15) is 36.9 Å². The van der Waals surface area contributed by atoms with Crippen LogP contribution >= 0.6 is 22.7 Å². The van der Waals surface area contributed by atoms with E-state index in [1.54, 1.807) is 27.7 Å². The van der Waals surface area contributed by atoms with Crippen molar-refractivity contribution in [1.29, 1.82) is 0 Å². The van der Waals surface area contributed by atoms with E-state index in [2.05, 4.69) is 34.5 Å². The summed E-state index contributed by atoms with van der Waals surface area (Å²) in [5.41, 5.74) is 6.02. The molecule has 0 unspecified atom stereocenters. The molecule has 0 fully saturated rings. The zero-order valence-electron chi connectivity index (χ0n) is 16.4. The minimum Gasteiger partial charge on any atom is -0.273 e. The van der Waals surface area contributed by atoms with Gasteiger partial charge < -0.3 is 0 Å². The number of benzene rings is 1. The highest BCUT2D eigenvalue weighted by atomic mass is 32.1. The third kappa shape index (κ3) is 3.40. The number of aromatic nitrogens is 2. The molecular formula is C23H20N4OS2. The van der Waals surface area contributed by atoms with Gasteiger partial charge >= 0.3 is 0 Å². The average Bonchev–Trinajstić information content (AvgIpc) is 3.57. The van der Waals surface area contributed by atoms with Crippen LogP contribution in [0.3, 0.4) is 0 Å². The molecule has 0 saturated carbocycles. The highest BCUT2D eigenvalue weighted by Crippen LogP contribution is 2.39. The Kier molecular flexibility index (Phi) is 5.06. The lowest BCUT2D eigenvalue weighted by atomic mass is 9.98. The predicted octanol–water partition coefficient (Wildman–Crippen LogP) is 5.75. The summed E-state index contributed by atoms with van der Waals surface area (Å²) in [6.07, 6.45) is 3.15. The van der Waals surface area contributed by atoms with Crippen molar-refractivity contribution in [1.82, 2.24) is 14.8 Å². The topological polar surface area (TPSA) is 50.5 Å². The normalized spacial score (nSPS) is 16.1. The van der Waals surface area contributed by atoms with Crippen molar-refractivity contribution in [3.8, 4) is 16.9 Å². The van der Waals surface area contributed by atoms with Gasteiger partial charge in [-0.3, -0.25) is 4.79 Å². The molecule has 1 aliphatic heterocycles. The molecule has 0 N–H and O–H groups in total. The van der Waals surface area contributed by atoms with Crippen molar-refractivity contribution in [2.75, 3.05) is 0 Å². The van der Waals surface area contributed by atoms with Crippen molar-refractivity contribution in [2.45, 2.75) is 25.8 Å². The molecule has 5 rings (SSSR count). The number of para-hydroxylation sites is 1. The number of hydrogen-bond acceptors (Lipinski definition) is 5. The highest BCUT2D eigenvalue weighted by Gasteiger charge is 2.35. The molecule has 0 bridgehead atoms. The summed E-state index contributed by atoms with van der Waals surface area (Å²) >= 11 is 3.29. The number of hydrazone groups is 1. The minimum absolute atomic E-state index is 0.0222. The molecule has 4 heterocycles. The first-order chi connectivity index (χ1) is 14.7. The van der Waals surface area contributed by atoms with E-state index >= 15 is 0 Å². The van der Waals surface area contributed by atoms with Crippen LogP contribution in [0, 0.1) is 0 Å². The van der Waals surface area contributed by atoms with E-state index in [0.717, 1.165) is 33.8 Å². The first-order valence-electron chi connectivity index (χ1n) is 9.84. The molecule has 4 aromatic rings. The summed E-state index contributed by atoms with van der Waals surface area (Å²) in [5.74, 6) is 0.0222. The Morgan fingerprint density at radius 2 is 1.80 bits per heavy atom. The molecule has 1 amide bonds. The van der Waals surface area contributed by atoms with Crippen molar-refractivity contribution in [3.05, 3.63) is 81.3 Å². The third-order valence-electron chi connectivity index (χ3n) is 5.24. The lowest BCUT2D eigenvalue weighted by Gasteiger charge is -2.21. The highest BCUT2D eigenvalue weighted by molar-refractivity contribution is 7.08. The molecule has 0 radical (unpaired) electrons. The van der Waals surface area contributed by atoms with E-state index in [0.29, 0.717) is 12.8 Å². The summed E-state index contributed by atoms with van der Waals surface area (Å²) in [4.78, 5) is 12.8. The molecule has 1 atom stereocenters. The van der Waals surface area contributed by atoms with Crippen molar-refractivity contribution >= 4 is 34.3 Å². The fraction of sp³-hybridized carbons (Fsp3) is 0.174. The molecule has 0 spiro atoms. The lowest BCUT2D eigenvalue weighted by Crippen LogP contribution is -2.26. The van der Waals surface area contributed by atoms with Gasteiger partial charge in [0.25, 0.3) is 0 Å². The van der Waals surface area contributed by atoms with E-state index in [4.69, 9.17) is 10.2 Å². The molecule has 0 saturated heterocycles. The van der Waals surface area contributed by atoms with Gasteiger partial charge in [0.2, 0.25) is 5.91 Å². The van der Waals surface area contributed by atoms with E-state index in [1.807, 2.05) is 47.3 Å². The summed E-state index contributed by atoms with van der Waals surface area (Å²) < 4.78 is 1.90. The fourth-order valence-electron chi connectivity index (χ4n) is 3.72. The van der Waals surface area contributed by atoms with Crippen molar-refractivity contribution in [3.63, 3.8) is 0 Å². The van der Waals surface area contributed by atoms with Crippen LogP contribution in [0.25, 0.3) is 16.9 Å². The van der Waals surface area contributed by atoms with Crippen LogP contribution in [0.15, 0.2) is 75.3 Å². The van der Waals surface area contributed by atoms with Gasteiger partial charge in [-0.1, -0.05) is 25.1 Å². The maximum atomic E-state index is 12.8. The van der Waals surface area contributed by atoms with Crippen molar-refractivity contribution in [2.24, 2.45) is 5.10 Å². The Morgan fingerprint density at radius 3 is 2.47 bits per heavy atom. The van der Waals surface area contributed by atoms with Gasteiger partial charge in [-0.25, -0.2) is 9.69 Å². The summed E-state index contributed by atoms with van der Waals surface area (Å²) in [6, 6.07) is 14.0. The standard InChI is InChI=1S/C23H20N4OS2/c1-2-22(28)27-21(12-20(24-27)16-8-10-29-14-16)19-13-26(18-6-4-3-5-7-18)25-23(19)17-9-11-30-15-17/h3-11,13-15,21H,2,12H2,1H3/t21-/m1/s1. The first-order valence-corrected chi connectivity index (χ1v) is 11.7. The second-order valence-electron chi connectivity index (χ2n) is 7.10. The van der Waals surface area contributed by atoms with Crippen LogP contribution in [0.5, 0.6) is 0 Å². The molecule has 5 nitrogen and oxygen atoms in total. The molecular weight excluding hydrogens is 412 g/mol. The zero-order chi connectivity index (χ0) is 20.5. The summed E-state index contributed by atoms with van der Waals surface area (Å²) in [7, 11) is 0. The Hall–Kier alpha value is -3.03. The molecule has 3 aromatic heterocycles. The van der Waals surface area contributed by atoms with Gasteiger partial charge in [0.1, 0.15) is 0 Å². The maximum Gasteiger partial charge on any atom is 0.242 e. The number of carbonyl (C=O) groups excluding carboxylic acids is 1. The monoisotopic (exact) mass is 432 g/mol. The average molecular weight is 433 g/mol. The largest absolute Gasteiger partial charge is 0.273 e. The van der Waals surface area contributed by atoms with E-state index in [1.165, 1.54) is 0 Å². The molecule has 150 valence electrons. The Bertz CT molecular complexity index is 1180. The first kappa shape index (κ1) is 19.0. The van der Waals surface area contributed by atoms with Gasteiger partial charge in [-0.15, -0.1) is 0 Å². The van der Waals surface area contributed by atoms with Gasteiger partial charge in [0.15, 0.2) is 0 Å². The Labute approximate surface area is 182 Å². The number of rotatable bonds is 5. The molecule has 30 heavy (non-hydrogen) atoms. The van der Waals surface area contributed by atoms with E-state index in [-0.39, 0.29) is 11.9 Å². The quantitative estimate of drug-likeness (QED) is 0.403. The minimum atomic E-state index is -0.167. The SMILES string of the molecule is CCC(=O)N1N=C(c2ccsc2)C[C@@H]1c1cn(-c2ccccc2)nc1-c1ccsc1. The smallest absolute Gasteiger partial charge is 0.242 e. The van der Waals surface area contributed by atoms with Gasteiger partial charge in [0, 0.05) is 41.1 Å². The molecule has 0 aliphatic carbocycles. The van der Waals surface area contributed by atoms with Crippen LogP contribution in [0.2, 0.25) is 0 Å². The second kappa shape index (κ2) is 8.01. The fourth-order valence-corrected chi connectivity index (χ4v) is 5.02. The Morgan fingerprint density at radius 1 is 1.07 bits per heavy atom. The van der Waals surface area contributed by atoms with E-state index < -0.39 is 0 Å². The number of thiophene rings is 2. The predicted molar refractivity (Wildman–Crippen MR) is 122 cm³/mol. The number of amides is 1. The number of carbonyl (C=O) groups is 1. The summed E-state index contributed by atoms with van der Waals surface area (Å²) in [5, 5.41) is 19.6. The van der Waals surface area contributed by atoms with Gasteiger partial charge in [0.05, 0.1) is 23.1 Å². The van der Waals surface area contributed by atoms with Gasteiger partial charge in [-0.05, 0) is 40.4 Å². The molecule has 1 aromatic carbocycles. The third-order valence-corrected chi connectivity index (χ3v) is 6.61. The maximum absolute atomic E-state index is 12.8. The molecule has 7 heteroatoms. The summed E-state index contributed by atoms with van der Waals surface area (Å²) in [6.45, 7) is 1.88. The number of hydrogen-bond donors (Lipinski definition) is 0. The van der Waals surface area contributed by atoms with Gasteiger partial charge in [-0.2, -0.15) is 32.9 Å². The van der Waals surface area contributed by atoms with Crippen LogP contribution in [0.4, 0.5) is 0 Å². The Balaban J connectivity index is 1.61. The van der Waals surface area contributed by atoms with Crippen LogP contribution in [-0.4, -0.2) is 26.4 Å². The van der Waals surface area contributed by atoms with Crippen LogP contribution < -0.4 is 0 Å². The zero-order valence-corrected chi connectivity index (χ0v) is 18.1. The number of nitrogens with zero attached hydrogens (tertiary/aromatic N) is 4. The van der Waals surface area contributed by atoms with Crippen molar-refractivity contribution < 1.29 is 4.79 Å². The van der Waals surface area contributed by atoms with E-state index in [9.17, 15) is 4.79 Å². The molecule has 1 aliphatic rings.